The quantitative estimate of drug-likeness (QED) is 0.889. The van der Waals surface area contributed by atoms with Crippen LogP contribution in [0, 0.1) is 0 Å². The van der Waals surface area contributed by atoms with E-state index < -0.39 is 5.97 Å². The van der Waals surface area contributed by atoms with Crippen molar-refractivity contribution >= 4 is 23.2 Å². The topological polar surface area (TPSA) is 70.5 Å². The number of amides is 1. The van der Waals surface area contributed by atoms with Gasteiger partial charge in [0.1, 0.15) is 0 Å². The van der Waals surface area contributed by atoms with Crippen LogP contribution in [0.1, 0.15) is 40.1 Å². The molecule has 2 heterocycles. The van der Waals surface area contributed by atoms with Gasteiger partial charge in [0.25, 0.3) is 5.91 Å². The predicted octanol–water partition coefficient (Wildman–Crippen LogP) is 2.93. The SMILES string of the molecule is CCN(C(=O)c1cncc(C(=O)O)c1)C(C)Cc1ccsc1. The zero-order valence-corrected chi connectivity index (χ0v) is 13.3. The third-order valence-electron chi connectivity index (χ3n) is 3.48. The number of carbonyl (C=O) groups is 2. The number of carboxylic acid groups (broad SMARTS) is 1. The summed E-state index contributed by atoms with van der Waals surface area (Å²) >= 11 is 1.63. The minimum absolute atomic E-state index is 0.0207. The van der Waals surface area contributed by atoms with E-state index in [2.05, 4.69) is 10.4 Å². The van der Waals surface area contributed by atoms with Gasteiger partial charge in [0.15, 0.2) is 0 Å². The monoisotopic (exact) mass is 318 g/mol. The first-order valence-corrected chi connectivity index (χ1v) is 7.97. The van der Waals surface area contributed by atoms with E-state index in [-0.39, 0.29) is 17.5 Å². The van der Waals surface area contributed by atoms with Gasteiger partial charge in [0.2, 0.25) is 0 Å². The van der Waals surface area contributed by atoms with E-state index >= 15 is 0 Å². The summed E-state index contributed by atoms with van der Waals surface area (Å²) in [4.78, 5) is 29.2. The van der Waals surface area contributed by atoms with Gasteiger partial charge in [0.05, 0.1) is 11.1 Å². The Kier molecular flexibility index (Phi) is 5.27. The fourth-order valence-electron chi connectivity index (χ4n) is 2.36. The van der Waals surface area contributed by atoms with Crippen molar-refractivity contribution in [3.63, 3.8) is 0 Å². The molecule has 6 heteroatoms. The number of hydrogen-bond donors (Lipinski definition) is 1. The van der Waals surface area contributed by atoms with E-state index in [1.54, 1.807) is 16.2 Å². The Labute approximate surface area is 133 Å². The Morgan fingerprint density at radius 3 is 2.68 bits per heavy atom. The van der Waals surface area contributed by atoms with Crippen molar-refractivity contribution in [3.05, 3.63) is 52.0 Å². The number of carboxylic acids is 1. The lowest BCUT2D eigenvalue weighted by Gasteiger charge is -2.28. The molecule has 1 atom stereocenters. The Balaban J connectivity index is 2.17. The Morgan fingerprint density at radius 2 is 2.09 bits per heavy atom. The van der Waals surface area contributed by atoms with Gasteiger partial charge in [-0.25, -0.2) is 4.79 Å². The normalized spacial score (nSPS) is 11.9. The predicted molar refractivity (Wildman–Crippen MR) is 85.4 cm³/mol. The highest BCUT2D eigenvalue weighted by molar-refractivity contribution is 7.07. The molecule has 0 radical (unpaired) electrons. The Hall–Kier alpha value is -2.21. The molecule has 5 nitrogen and oxygen atoms in total. The van der Waals surface area contributed by atoms with Crippen LogP contribution in [0.5, 0.6) is 0 Å². The van der Waals surface area contributed by atoms with E-state index in [1.807, 2.05) is 25.3 Å². The maximum absolute atomic E-state index is 12.6. The number of likely N-dealkylation sites (N-methyl/N-ethyl adjacent to an activating group) is 1. The maximum Gasteiger partial charge on any atom is 0.337 e. The van der Waals surface area contributed by atoms with Gasteiger partial charge in [0, 0.05) is 25.0 Å². The van der Waals surface area contributed by atoms with Gasteiger partial charge in [-0.05, 0) is 48.7 Å². The molecule has 116 valence electrons. The van der Waals surface area contributed by atoms with Crippen molar-refractivity contribution < 1.29 is 14.7 Å². The molecular weight excluding hydrogens is 300 g/mol. The van der Waals surface area contributed by atoms with E-state index in [0.717, 1.165) is 6.42 Å². The molecule has 22 heavy (non-hydrogen) atoms. The average Bonchev–Trinajstić information content (AvgIpc) is 3.00. The van der Waals surface area contributed by atoms with Crippen molar-refractivity contribution in [2.24, 2.45) is 0 Å². The van der Waals surface area contributed by atoms with Crippen LogP contribution in [0.4, 0.5) is 0 Å². The molecule has 0 spiro atoms. The van der Waals surface area contributed by atoms with Crippen molar-refractivity contribution in [1.29, 1.82) is 0 Å². The lowest BCUT2D eigenvalue weighted by Crippen LogP contribution is -2.39. The molecule has 0 saturated carbocycles. The van der Waals surface area contributed by atoms with Crippen LogP contribution in [0.2, 0.25) is 0 Å². The number of rotatable bonds is 6. The van der Waals surface area contributed by atoms with Crippen LogP contribution in [0.25, 0.3) is 0 Å². The molecular formula is C16H18N2O3S. The van der Waals surface area contributed by atoms with Crippen LogP contribution in [0.15, 0.2) is 35.3 Å². The summed E-state index contributed by atoms with van der Waals surface area (Å²) in [6, 6.07) is 3.45. The summed E-state index contributed by atoms with van der Waals surface area (Å²) in [5.41, 5.74) is 1.52. The molecule has 1 amide bonds. The number of nitrogens with zero attached hydrogens (tertiary/aromatic N) is 2. The summed E-state index contributed by atoms with van der Waals surface area (Å²) in [6.45, 7) is 4.46. The molecule has 0 aromatic carbocycles. The maximum atomic E-state index is 12.6. The first kappa shape index (κ1) is 16.2. The first-order valence-electron chi connectivity index (χ1n) is 7.03. The van der Waals surface area contributed by atoms with Crippen LogP contribution in [-0.4, -0.2) is 39.5 Å². The van der Waals surface area contributed by atoms with Gasteiger partial charge in [-0.15, -0.1) is 0 Å². The largest absolute Gasteiger partial charge is 0.478 e. The summed E-state index contributed by atoms with van der Waals surface area (Å²) in [6.07, 6.45) is 3.42. The second-order valence-corrected chi connectivity index (χ2v) is 5.82. The molecule has 0 fully saturated rings. The van der Waals surface area contributed by atoms with Crippen LogP contribution in [-0.2, 0) is 6.42 Å². The Bertz CT molecular complexity index is 655. The second-order valence-electron chi connectivity index (χ2n) is 5.04. The van der Waals surface area contributed by atoms with Gasteiger partial charge < -0.3 is 10.0 Å². The molecule has 2 aromatic rings. The highest BCUT2D eigenvalue weighted by Gasteiger charge is 2.21. The molecule has 0 saturated heterocycles. The summed E-state index contributed by atoms with van der Waals surface area (Å²) < 4.78 is 0. The van der Waals surface area contributed by atoms with Crippen LogP contribution >= 0.6 is 11.3 Å². The molecule has 0 aliphatic heterocycles. The smallest absolute Gasteiger partial charge is 0.337 e. The summed E-state index contributed by atoms with van der Waals surface area (Å²) in [7, 11) is 0. The van der Waals surface area contributed by atoms with Gasteiger partial charge in [-0.2, -0.15) is 11.3 Å². The lowest BCUT2D eigenvalue weighted by molar-refractivity contribution is 0.0696. The first-order chi connectivity index (χ1) is 10.5. The zero-order chi connectivity index (χ0) is 16.1. The Morgan fingerprint density at radius 1 is 1.36 bits per heavy atom. The summed E-state index contributed by atoms with van der Waals surface area (Å²) in [5, 5.41) is 13.1. The fraction of sp³-hybridized carbons (Fsp3) is 0.312. The molecule has 0 bridgehead atoms. The van der Waals surface area contributed by atoms with Gasteiger partial charge in [-0.3, -0.25) is 9.78 Å². The molecule has 2 aromatic heterocycles. The molecule has 0 aliphatic carbocycles. The third-order valence-corrected chi connectivity index (χ3v) is 4.21. The third kappa shape index (κ3) is 3.71. The molecule has 1 unspecified atom stereocenters. The van der Waals surface area contributed by atoms with E-state index in [9.17, 15) is 9.59 Å². The van der Waals surface area contributed by atoms with Crippen molar-refractivity contribution in [2.75, 3.05) is 6.54 Å². The van der Waals surface area contributed by atoms with Crippen molar-refractivity contribution in [2.45, 2.75) is 26.3 Å². The molecule has 2 rings (SSSR count). The number of carbonyl (C=O) groups excluding carboxylic acids is 1. The molecule has 0 aliphatic rings. The number of aromatic carboxylic acids is 1. The number of thiophene rings is 1. The summed E-state index contributed by atoms with van der Waals surface area (Å²) in [5.74, 6) is -1.28. The van der Waals surface area contributed by atoms with Crippen LogP contribution in [0.3, 0.4) is 0 Å². The van der Waals surface area contributed by atoms with Gasteiger partial charge in [-0.1, -0.05) is 0 Å². The zero-order valence-electron chi connectivity index (χ0n) is 12.5. The fourth-order valence-corrected chi connectivity index (χ4v) is 3.04. The van der Waals surface area contributed by atoms with E-state index in [1.165, 1.54) is 24.0 Å². The minimum Gasteiger partial charge on any atom is -0.478 e. The van der Waals surface area contributed by atoms with Gasteiger partial charge >= 0.3 is 5.97 Å². The number of hydrogen-bond acceptors (Lipinski definition) is 4. The molecule has 1 N–H and O–H groups in total. The standard InChI is InChI=1S/C16H18N2O3S/c1-3-18(11(2)6-12-4-5-22-10-12)15(19)13-7-14(16(20)21)9-17-8-13/h4-5,7-11H,3,6H2,1-2H3,(H,20,21). The second kappa shape index (κ2) is 7.17. The van der Waals surface area contributed by atoms with E-state index in [0.29, 0.717) is 12.1 Å². The number of aromatic nitrogens is 1. The number of pyridine rings is 1. The van der Waals surface area contributed by atoms with E-state index in [4.69, 9.17) is 5.11 Å². The van der Waals surface area contributed by atoms with Crippen LogP contribution < -0.4 is 0 Å². The van der Waals surface area contributed by atoms with Crippen molar-refractivity contribution in [3.8, 4) is 0 Å². The minimum atomic E-state index is -1.09. The average molecular weight is 318 g/mol. The highest BCUT2D eigenvalue weighted by atomic mass is 32.1. The van der Waals surface area contributed by atoms with Crippen molar-refractivity contribution in [1.82, 2.24) is 9.88 Å². The highest BCUT2D eigenvalue weighted by Crippen LogP contribution is 2.15. The lowest BCUT2D eigenvalue weighted by atomic mass is 10.1.